The zero-order chi connectivity index (χ0) is 20.8. The molecular formula is C20H26N6O3S. The third-order valence-corrected chi connectivity index (χ3v) is 6.13. The first-order chi connectivity index (χ1) is 14.7. The van der Waals surface area contributed by atoms with Crippen molar-refractivity contribution in [2.45, 2.75) is 25.5 Å². The molecule has 3 amide bonds. The maximum absolute atomic E-state index is 12.4. The van der Waals surface area contributed by atoms with Crippen molar-refractivity contribution >= 4 is 28.4 Å². The van der Waals surface area contributed by atoms with Crippen LogP contribution < -0.4 is 10.6 Å². The Morgan fingerprint density at radius 3 is 2.67 bits per heavy atom. The number of urea groups is 1. The van der Waals surface area contributed by atoms with E-state index in [1.165, 1.54) is 16.9 Å². The van der Waals surface area contributed by atoms with Gasteiger partial charge >= 0.3 is 6.03 Å². The summed E-state index contributed by atoms with van der Waals surface area (Å²) in [6, 6.07) is 10.1. The first-order valence-corrected chi connectivity index (χ1v) is 11.0. The molecule has 4 rings (SSSR count). The highest BCUT2D eigenvalue weighted by atomic mass is 32.1. The van der Waals surface area contributed by atoms with Crippen LogP contribution in [0.25, 0.3) is 0 Å². The first kappa shape index (κ1) is 20.7. The molecule has 160 valence electrons. The highest BCUT2D eigenvalue weighted by Gasteiger charge is 2.23. The minimum Gasteiger partial charge on any atom is -0.371 e. The minimum atomic E-state index is -0.318. The molecule has 1 atom stereocenters. The molecule has 2 N–H and O–H groups in total. The standard InChI is InChI=1S/C20H26N6O3S/c27-17(22-19-24-23-18(30-19)16-7-4-12-29-16)13-21-20(28)26-10-8-25(9-11-26)14-15-5-2-1-3-6-15/h1-3,5-6,16H,4,7-14H2,(H,21,28)(H,22,24,27)/t16-/m1/s1. The highest BCUT2D eigenvalue weighted by molar-refractivity contribution is 7.15. The van der Waals surface area contributed by atoms with Gasteiger partial charge in [-0.05, 0) is 18.4 Å². The molecule has 0 bridgehead atoms. The number of nitrogens with zero attached hydrogens (tertiary/aromatic N) is 4. The van der Waals surface area contributed by atoms with E-state index in [2.05, 4.69) is 37.9 Å². The number of rotatable bonds is 6. The molecule has 10 heteroatoms. The lowest BCUT2D eigenvalue weighted by Crippen LogP contribution is -2.52. The summed E-state index contributed by atoms with van der Waals surface area (Å²) in [5.74, 6) is -0.318. The third-order valence-electron chi connectivity index (χ3n) is 5.20. The minimum absolute atomic E-state index is 0.0200. The number of amides is 3. The van der Waals surface area contributed by atoms with Crippen molar-refractivity contribution in [3.05, 3.63) is 40.9 Å². The predicted molar refractivity (Wildman–Crippen MR) is 113 cm³/mol. The summed E-state index contributed by atoms with van der Waals surface area (Å²) in [4.78, 5) is 28.6. The summed E-state index contributed by atoms with van der Waals surface area (Å²) >= 11 is 1.31. The molecule has 0 unspecified atom stereocenters. The highest BCUT2D eigenvalue weighted by Crippen LogP contribution is 2.31. The van der Waals surface area contributed by atoms with Crippen LogP contribution in [0, 0.1) is 0 Å². The monoisotopic (exact) mass is 430 g/mol. The SMILES string of the molecule is O=C(CNC(=O)N1CCN(Cc2ccccc2)CC1)Nc1nnc([C@H]2CCCO2)s1. The fourth-order valence-corrected chi connectivity index (χ4v) is 4.41. The van der Waals surface area contributed by atoms with Gasteiger partial charge in [-0.15, -0.1) is 10.2 Å². The molecule has 30 heavy (non-hydrogen) atoms. The van der Waals surface area contributed by atoms with Crippen LogP contribution >= 0.6 is 11.3 Å². The van der Waals surface area contributed by atoms with Gasteiger partial charge in [-0.1, -0.05) is 41.7 Å². The summed E-state index contributed by atoms with van der Waals surface area (Å²) in [5, 5.41) is 14.7. The van der Waals surface area contributed by atoms with E-state index >= 15 is 0 Å². The van der Waals surface area contributed by atoms with Gasteiger partial charge in [0.1, 0.15) is 11.1 Å². The second kappa shape index (κ2) is 9.96. The number of hydrogen-bond acceptors (Lipinski definition) is 7. The lowest BCUT2D eigenvalue weighted by Gasteiger charge is -2.34. The molecule has 2 aromatic rings. The molecular weight excluding hydrogens is 404 g/mol. The number of piperazine rings is 1. The van der Waals surface area contributed by atoms with Crippen LogP contribution in [0.4, 0.5) is 9.93 Å². The maximum atomic E-state index is 12.4. The normalized spacial score (nSPS) is 19.6. The van der Waals surface area contributed by atoms with Gasteiger partial charge in [-0.25, -0.2) is 4.79 Å². The van der Waals surface area contributed by atoms with E-state index in [4.69, 9.17) is 4.74 Å². The van der Waals surface area contributed by atoms with Crippen LogP contribution in [-0.2, 0) is 16.1 Å². The predicted octanol–water partition coefficient (Wildman–Crippen LogP) is 1.86. The maximum Gasteiger partial charge on any atom is 0.317 e. The van der Waals surface area contributed by atoms with Gasteiger partial charge in [0.15, 0.2) is 0 Å². The quantitative estimate of drug-likeness (QED) is 0.726. The first-order valence-electron chi connectivity index (χ1n) is 10.2. The van der Waals surface area contributed by atoms with E-state index in [9.17, 15) is 9.59 Å². The van der Waals surface area contributed by atoms with Gasteiger partial charge in [0.2, 0.25) is 11.0 Å². The van der Waals surface area contributed by atoms with E-state index < -0.39 is 0 Å². The number of anilines is 1. The fourth-order valence-electron chi connectivity index (χ4n) is 3.57. The van der Waals surface area contributed by atoms with Crippen molar-refractivity contribution in [3.8, 4) is 0 Å². The van der Waals surface area contributed by atoms with Crippen LogP contribution in [0.5, 0.6) is 0 Å². The van der Waals surface area contributed by atoms with E-state index in [0.29, 0.717) is 18.2 Å². The van der Waals surface area contributed by atoms with E-state index in [1.807, 2.05) is 18.2 Å². The summed E-state index contributed by atoms with van der Waals surface area (Å²) < 4.78 is 5.57. The van der Waals surface area contributed by atoms with E-state index in [0.717, 1.165) is 44.1 Å². The average Bonchev–Trinajstić information content (AvgIpc) is 3.45. The van der Waals surface area contributed by atoms with Crippen molar-refractivity contribution in [2.24, 2.45) is 0 Å². The van der Waals surface area contributed by atoms with Crippen molar-refractivity contribution in [1.82, 2.24) is 25.3 Å². The zero-order valence-electron chi connectivity index (χ0n) is 16.7. The second-order valence-corrected chi connectivity index (χ2v) is 8.41. The number of aromatic nitrogens is 2. The van der Waals surface area contributed by atoms with Crippen molar-refractivity contribution < 1.29 is 14.3 Å². The van der Waals surface area contributed by atoms with Crippen LogP contribution in [0.2, 0.25) is 0 Å². The lowest BCUT2D eigenvalue weighted by molar-refractivity contribution is -0.115. The lowest BCUT2D eigenvalue weighted by atomic mass is 10.2. The topological polar surface area (TPSA) is 99.7 Å². The van der Waals surface area contributed by atoms with Crippen molar-refractivity contribution in [3.63, 3.8) is 0 Å². The van der Waals surface area contributed by atoms with Crippen LogP contribution in [-0.4, -0.2) is 71.3 Å². The number of carbonyl (C=O) groups excluding carboxylic acids is 2. The summed E-state index contributed by atoms with van der Waals surface area (Å²) in [7, 11) is 0. The molecule has 2 fully saturated rings. The van der Waals surface area contributed by atoms with Gasteiger partial charge < -0.3 is 15.0 Å². The van der Waals surface area contributed by atoms with E-state index in [1.54, 1.807) is 4.90 Å². The number of ether oxygens (including phenoxy) is 1. The Morgan fingerprint density at radius 2 is 1.93 bits per heavy atom. The zero-order valence-corrected chi connectivity index (χ0v) is 17.6. The number of nitrogens with one attached hydrogen (secondary N) is 2. The average molecular weight is 431 g/mol. The third kappa shape index (κ3) is 5.53. The molecule has 2 saturated heterocycles. The van der Waals surface area contributed by atoms with Crippen molar-refractivity contribution in [2.75, 3.05) is 44.6 Å². The Balaban J connectivity index is 1.16. The molecule has 2 aliphatic rings. The Bertz CT molecular complexity index is 847. The molecule has 0 spiro atoms. The van der Waals surface area contributed by atoms with Crippen molar-refractivity contribution in [1.29, 1.82) is 0 Å². The molecule has 2 aliphatic heterocycles. The molecule has 0 saturated carbocycles. The number of hydrogen-bond donors (Lipinski definition) is 2. The summed E-state index contributed by atoms with van der Waals surface area (Å²) in [6.45, 7) is 4.42. The van der Waals surface area contributed by atoms with Gasteiger partial charge in [0.25, 0.3) is 0 Å². The Kier molecular flexibility index (Phi) is 6.88. The molecule has 1 aromatic carbocycles. The second-order valence-electron chi connectivity index (χ2n) is 7.40. The van der Waals surface area contributed by atoms with Gasteiger partial charge in [0, 0.05) is 39.3 Å². The molecule has 1 aromatic heterocycles. The van der Waals surface area contributed by atoms with Crippen LogP contribution in [0.15, 0.2) is 30.3 Å². The van der Waals surface area contributed by atoms with Gasteiger partial charge in [-0.3, -0.25) is 15.0 Å². The smallest absolute Gasteiger partial charge is 0.317 e. The molecule has 0 radical (unpaired) electrons. The Hall–Kier alpha value is -2.56. The number of carbonyl (C=O) groups is 2. The van der Waals surface area contributed by atoms with Gasteiger partial charge in [-0.2, -0.15) is 0 Å². The summed E-state index contributed by atoms with van der Waals surface area (Å²) in [6.07, 6.45) is 1.92. The summed E-state index contributed by atoms with van der Waals surface area (Å²) in [5.41, 5.74) is 1.27. The molecule has 0 aliphatic carbocycles. The van der Waals surface area contributed by atoms with Crippen LogP contribution in [0.3, 0.4) is 0 Å². The van der Waals surface area contributed by atoms with Crippen LogP contribution in [0.1, 0.15) is 29.5 Å². The largest absolute Gasteiger partial charge is 0.371 e. The Morgan fingerprint density at radius 1 is 1.13 bits per heavy atom. The molecule has 3 heterocycles. The van der Waals surface area contributed by atoms with E-state index in [-0.39, 0.29) is 24.6 Å². The fraction of sp³-hybridized carbons (Fsp3) is 0.500. The number of benzene rings is 1. The molecule has 9 nitrogen and oxygen atoms in total. The Labute approximate surface area is 179 Å². The van der Waals surface area contributed by atoms with Gasteiger partial charge in [0.05, 0.1) is 6.54 Å².